The average Bonchev–Trinajstić information content (AvgIpc) is 2.96. The summed E-state index contributed by atoms with van der Waals surface area (Å²) < 4.78 is 7.71. The smallest absolute Gasteiger partial charge is 0.331 e. The number of nitrogens with one attached hydrogen (secondary N) is 1. The second-order valence-corrected chi connectivity index (χ2v) is 6.10. The second kappa shape index (κ2) is 5.57. The molecule has 20 heavy (non-hydrogen) atoms. The molecule has 6 nitrogen and oxygen atoms in total. The number of halogens is 1. The molecule has 0 saturated carbocycles. The minimum Gasteiger partial charge on any atom is -0.479 e. The van der Waals surface area contributed by atoms with Crippen molar-refractivity contribution < 1.29 is 19.4 Å². The number of hydrogen-bond donors (Lipinski definition) is 2. The number of ether oxygens (including phenoxy) is 1. The first-order valence-electron chi connectivity index (χ1n) is 6.37. The molecule has 0 bridgehead atoms. The van der Waals surface area contributed by atoms with Gasteiger partial charge in [-0.05, 0) is 35.8 Å². The minimum atomic E-state index is -1.32. The zero-order valence-electron chi connectivity index (χ0n) is 11.4. The third kappa shape index (κ3) is 2.73. The molecule has 2 heterocycles. The van der Waals surface area contributed by atoms with Gasteiger partial charge in [0.15, 0.2) is 5.54 Å². The van der Waals surface area contributed by atoms with E-state index in [-0.39, 0.29) is 19.1 Å². The molecule has 0 spiro atoms. The summed E-state index contributed by atoms with van der Waals surface area (Å²) in [5.74, 6) is -1.47. The van der Waals surface area contributed by atoms with Gasteiger partial charge in [0.2, 0.25) is 0 Å². The topological polar surface area (TPSA) is 80.6 Å². The van der Waals surface area contributed by atoms with Crippen LogP contribution in [0, 0.1) is 0 Å². The lowest BCUT2D eigenvalue weighted by Gasteiger charge is -2.24. The fraction of sp³-hybridized carbons (Fsp3) is 0.538. The molecule has 2 N–H and O–H groups in total. The molecule has 1 aliphatic heterocycles. The van der Waals surface area contributed by atoms with Crippen molar-refractivity contribution >= 4 is 27.8 Å². The van der Waals surface area contributed by atoms with Crippen molar-refractivity contribution in [2.45, 2.75) is 31.8 Å². The van der Waals surface area contributed by atoms with E-state index in [2.05, 4.69) is 21.2 Å². The van der Waals surface area contributed by atoms with Crippen LogP contribution in [0.5, 0.6) is 0 Å². The van der Waals surface area contributed by atoms with Gasteiger partial charge >= 0.3 is 5.97 Å². The molecule has 0 aliphatic carbocycles. The molecule has 0 aromatic carbocycles. The predicted octanol–water partition coefficient (Wildman–Crippen LogP) is 1.80. The first-order chi connectivity index (χ1) is 9.35. The van der Waals surface area contributed by atoms with Crippen LogP contribution in [-0.4, -0.2) is 40.3 Å². The number of amides is 1. The molecule has 1 aromatic heterocycles. The standard InChI is InChI=1S/C13H17BrN2O4/c1-8(2)16-6-9(14)5-10(16)11(17)15-13(12(18)19)3-4-20-7-13/h5-6,8H,3-4,7H2,1-2H3,(H,15,17)(H,18,19). The Morgan fingerprint density at radius 2 is 2.25 bits per heavy atom. The van der Waals surface area contributed by atoms with E-state index in [1.807, 2.05) is 13.8 Å². The van der Waals surface area contributed by atoms with Crippen LogP contribution in [0.15, 0.2) is 16.7 Å². The van der Waals surface area contributed by atoms with Gasteiger partial charge in [-0.2, -0.15) is 0 Å². The number of hydrogen-bond acceptors (Lipinski definition) is 3. The lowest BCUT2D eigenvalue weighted by Crippen LogP contribution is -2.55. The predicted molar refractivity (Wildman–Crippen MR) is 75.8 cm³/mol. The van der Waals surface area contributed by atoms with Gasteiger partial charge in [-0.25, -0.2) is 4.79 Å². The zero-order chi connectivity index (χ0) is 14.9. The molecule has 1 aliphatic rings. The van der Waals surface area contributed by atoms with Gasteiger partial charge in [-0.3, -0.25) is 4.79 Å². The van der Waals surface area contributed by atoms with Crippen LogP contribution in [0.25, 0.3) is 0 Å². The summed E-state index contributed by atoms with van der Waals surface area (Å²) in [6, 6.07) is 1.78. The van der Waals surface area contributed by atoms with Gasteiger partial charge in [-0.1, -0.05) is 0 Å². The van der Waals surface area contributed by atoms with Crippen LogP contribution in [0.4, 0.5) is 0 Å². The Balaban J connectivity index is 2.26. The van der Waals surface area contributed by atoms with E-state index in [1.54, 1.807) is 16.8 Å². The Kier molecular flexibility index (Phi) is 4.19. The Morgan fingerprint density at radius 3 is 2.75 bits per heavy atom. The van der Waals surface area contributed by atoms with Crippen LogP contribution in [0.3, 0.4) is 0 Å². The highest BCUT2D eigenvalue weighted by atomic mass is 79.9. The molecule has 7 heteroatoms. The van der Waals surface area contributed by atoms with E-state index in [0.717, 1.165) is 4.47 Å². The van der Waals surface area contributed by atoms with Crippen molar-refractivity contribution in [1.82, 2.24) is 9.88 Å². The summed E-state index contributed by atoms with van der Waals surface area (Å²) in [4.78, 5) is 23.8. The number of carboxylic acids is 1. The van der Waals surface area contributed by atoms with E-state index in [1.165, 1.54) is 0 Å². The number of aliphatic carboxylic acids is 1. The van der Waals surface area contributed by atoms with Gasteiger partial charge in [0, 0.05) is 29.7 Å². The van der Waals surface area contributed by atoms with E-state index in [4.69, 9.17) is 4.74 Å². The summed E-state index contributed by atoms with van der Waals surface area (Å²) in [6.07, 6.45) is 2.08. The molecule has 1 atom stereocenters. The van der Waals surface area contributed by atoms with Gasteiger partial charge in [0.25, 0.3) is 5.91 Å². The van der Waals surface area contributed by atoms with Crippen LogP contribution in [0.2, 0.25) is 0 Å². The van der Waals surface area contributed by atoms with Crippen LogP contribution in [-0.2, 0) is 9.53 Å². The van der Waals surface area contributed by atoms with Gasteiger partial charge in [0.05, 0.1) is 6.61 Å². The fourth-order valence-corrected chi connectivity index (χ4v) is 2.66. The van der Waals surface area contributed by atoms with Gasteiger partial charge in [0.1, 0.15) is 5.69 Å². The number of rotatable bonds is 4. The highest BCUT2D eigenvalue weighted by Gasteiger charge is 2.44. The third-order valence-corrected chi connectivity index (χ3v) is 3.82. The monoisotopic (exact) mass is 344 g/mol. The third-order valence-electron chi connectivity index (χ3n) is 3.39. The van der Waals surface area contributed by atoms with Crippen molar-refractivity contribution in [3.63, 3.8) is 0 Å². The SMILES string of the molecule is CC(C)n1cc(Br)cc1C(=O)NC1(C(=O)O)CCOC1. The van der Waals surface area contributed by atoms with Crippen LogP contribution in [0.1, 0.15) is 36.8 Å². The van der Waals surface area contributed by atoms with Crippen molar-refractivity contribution in [3.05, 3.63) is 22.4 Å². The molecule has 0 radical (unpaired) electrons. The molecule has 1 unspecified atom stereocenters. The quantitative estimate of drug-likeness (QED) is 0.872. The lowest BCUT2D eigenvalue weighted by molar-refractivity contribution is -0.144. The highest BCUT2D eigenvalue weighted by molar-refractivity contribution is 9.10. The van der Waals surface area contributed by atoms with Crippen LogP contribution >= 0.6 is 15.9 Å². The molecule has 1 fully saturated rings. The average molecular weight is 345 g/mol. The van der Waals surface area contributed by atoms with E-state index >= 15 is 0 Å². The summed E-state index contributed by atoms with van der Waals surface area (Å²) in [5, 5.41) is 11.9. The van der Waals surface area contributed by atoms with Crippen molar-refractivity contribution in [2.75, 3.05) is 13.2 Å². The summed E-state index contributed by atoms with van der Waals surface area (Å²) in [7, 11) is 0. The molecule has 1 aromatic rings. The van der Waals surface area contributed by atoms with Crippen molar-refractivity contribution in [1.29, 1.82) is 0 Å². The summed E-state index contributed by atoms with van der Waals surface area (Å²) >= 11 is 3.33. The number of nitrogens with zero attached hydrogens (tertiary/aromatic N) is 1. The summed E-state index contributed by atoms with van der Waals surface area (Å²) in [5.41, 5.74) is -0.894. The number of carboxylic acid groups (broad SMARTS) is 1. The molecule has 110 valence electrons. The number of carbonyl (C=O) groups excluding carboxylic acids is 1. The molecule has 1 amide bonds. The molecular weight excluding hydrogens is 328 g/mol. The molecule has 2 rings (SSSR count). The Labute approximate surface area is 125 Å². The van der Waals surface area contributed by atoms with E-state index in [0.29, 0.717) is 12.3 Å². The molecule has 1 saturated heterocycles. The van der Waals surface area contributed by atoms with Crippen molar-refractivity contribution in [3.8, 4) is 0 Å². The van der Waals surface area contributed by atoms with Crippen LogP contribution < -0.4 is 5.32 Å². The first-order valence-corrected chi connectivity index (χ1v) is 7.16. The Bertz CT molecular complexity index is 532. The largest absolute Gasteiger partial charge is 0.479 e. The van der Waals surface area contributed by atoms with Gasteiger partial charge < -0.3 is 19.7 Å². The van der Waals surface area contributed by atoms with Gasteiger partial charge in [-0.15, -0.1) is 0 Å². The Hall–Kier alpha value is -1.34. The first kappa shape index (κ1) is 15.1. The maximum absolute atomic E-state index is 12.4. The fourth-order valence-electron chi connectivity index (χ4n) is 2.22. The minimum absolute atomic E-state index is 0.00235. The summed E-state index contributed by atoms with van der Waals surface area (Å²) in [6.45, 7) is 4.24. The number of carbonyl (C=O) groups is 2. The maximum atomic E-state index is 12.4. The lowest BCUT2D eigenvalue weighted by atomic mass is 9.99. The maximum Gasteiger partial charge on any atom is 0.331 e. The van der Waals surface area contributed by atoms with E-state index < -0.39 is 17.4 Å². The van der Waals surface area contributed by atoms with Crippen molar-refractivity contribution in [2.24, 2.45) is 0 Å². The highest BCUT2D eigenvalue weighted by Crippen LogP contribution is 2.23. The Morgan fingerprint density at radius 1 is 1.55 bits per heavy atom. The normalized spacial score (nSPS) is 22.2. The second-order valence-electron chi connectivity index (χ2n) is 5.19. The van der Waals surface area contributed by atoms with E-state index in [9.17, 15) is 14.7 Å². The number of aromatic nitrogens is 1. The zero-order valence-corrected chi connectivity index (χ0v) is 12.9. The molecular formula is C13H17BrN2O4.